The van der Waals surface area contributed by atoms with E-state index >= 15 is 0 Å². The number of benzene rings is 1. The van der Waals surface area contributed by atoms with Gasteiger partial charge >= 0.3 is 0 Å². The maximum absolute atomic E-state index is 9.16. The number of nitrogens with one attached hydrogen (secondary N) is 1. The van der Waals surface area contributed by atoms with Crippen LogP contribution in [0.4, 0.5) is 5.69 Å². The van der Waals surface area contributed by atoms with Gasteiger partial charge in [-0.2, -0.15) is 5.26 Å². The Bertz CT molecular complexity index is 444. The number of para-hydroxylation sites is 1. The zero-order valence-electron chi connectivity index (χ0n) is 11.1. The molecule has 0 amide bonds. The number of nitriles is 1. The Hall–Kier alpha value is -1.53. The van der Waals surface area contributed by atoms with Crippen LogP contribution in [0.25, 0.3) is 0 Å². The fourth-order valence-corrected chi connectivity index (χ4v) is 2.51. The van der Waals surface area contributed by atoms with Gasteiger partial charge in [-0.05, 0) is 44.2 Å². The molecule has 0 radical (unpaired) electrons. The zero-order valence-corrected chi connectivity index (χ0v) is 11.1. The van der Waals surface area contributed by atoms with Crippen molar-refractivity contribution in [1.29, 1.82) is 5.26 Å². The highest BCUT2D eigenvalue weighted by molar-refractivity contribution is 5.62. The summed E-state index contributed by atoms with van der Waals surface area (Å²) >= 11 is 0. The highest BCUT2D eigenvalue weighted by Crippen LogP contribution is 2.25. The van der Waals surface area contributed by atoms with Crippen molar-refractivity contribution >= 4 is 5.69 Å². The first-order valence-corrected chi connectivity index (χ1v) is 6.56. The normalized spacial score (nSPS) is 18.1. The smallest absolute Gasteiger partial charge is 0.101 e. The van der Waals surface area contributed by atoms with Crippen molar-refractivity contribution in [3.8, 4) is 6.07 Å². The van der Waals surface area contributed by atoms with E-state index in [1.807, 2.05) is 25.1 Å². The highest BCUT2D eigenvalue weighted by Gasteiger charge is 2.21. The van der Waals surface area contributed by atoms with Gasteiger partial charge in [0.15, 0.2) is 0 Å². The van der Waals surface area contributed by atoms with Crippen molar-refractivity contribution in [2.24, 2.45) is 5.92 Å². The third kappa shape index (κ3) is 2.83. The van der Waals surface area contributed by atoms with Crippen LogP contribution < -0.4 is 5.32 Å². The van der Waals surface area contributed by atoms with E-state index < -0.39 is 0 Å². The Morgan fingerprint density at radius 2 is 2.11 bits per heavy atom. The number of rotatable bonds is 3. The highest BCUT2D eigenvalue weighted by atomic mass is 16.5. The molecule has 3 nitrogen and oxygen atoms in total. The molecule has 2 rings (SSSR count). The molecule has 1 aliphatic heterocycles. The molecule has 1 aromatic rings. The molecule has 3 heteroatoms. The van der Waals surface area contributed by atoms with E-state index in [1.165, 1.54) is 0 Å². The molecule has 1 saturated heterocycles. The largest absolute Gasteiger partial charge is 0.381 e. The van der Waals surface area contributed by atoms with Crippen LogP contribution in [0.5, 0.6) is 0 Å². The van der Waals surface area contributed by atoms with E-state index in [4.69, 9.17) is 10.00 Å². The van der Waals surface area contributed by atoms with Gasteiger partial charge in [-0.15, -0.1) is 0 Å². The van der Waals surface area contributed by atoms with Crippen LogP contribution in [0.1, 0.15) is 30.9 Å². The second-order valence-electron chi connectivity index (χ2n) is 4.99. The van der Waals surface area contributed by atoms with E-state index in [9.17, 15) is 0 Å². The van der Waals surface area contributed by atoms with Gasteiger partial charge in [0.05, 0.1) is 11.3 Å². The molecule has 1 unspecified atom stereocenters. The average molecular weight is 244 g/mol. The van der Waals surface area contributed by atoms with E-state index in [1.54, 1.807) is 0 Å². The Balaban J connectivity index is 2.11. The van der Waals surface area contributed by atoms with Gasteiger partial charge in [0.1, 0.15) is 6.07 Å². The Morgan fingerprint density at radius 1 is 1.39 bits per heavy atom. The molecule has 1 N–H and O–H groups in total. The van der Waals surface area contributed by atoms with Gasteiger partial charge < -0.3 is 10.1 Å². The fraction of sp³-hybridized carbons (Fsp3) is 0.533. The lowest BCUT2D eigenvalue weighted by molar-refractivity contribution is 0.0622. The van der Waals surface area contributed by atoms with Crippen molar-refractivity contribution in [2.45, 2.75) is 32.7 Å². The summed E-state index contributed by atoms with van der Waals surface area (Å²) < 4.78 is 5.39. The van der Waals surface area contributed by atoms with E-state index in [-0.39, 0.29) is 0 Å². The molecule has 0 aromatic heterocycles. The molecule has 18 heavy (non-hydrogen) atoms. The third-order valence-electron chi connectivity index (χ3n) is 3.74. The first-order valence-electron chi connectivity index (χ1n) is 6.56. The Kier molecular flexibility index (Phi) is 4.22. The fourth-order valence-electron chi connectivity index (χ4n) is 2.51. The van der Waals surface area contributed by atoms with Crippen molar-refractivity contribution in [2.75, 3.05) is 18.5 Å². The predicted octanol–water partition coefficient (Wildman–Crippen LogP) is 3.09. The van der Waals surface area contributed by atoms with Gasteiger partial charge in [-0.1, -0.05) is 12.1 Å². The van der Waals surface area contributed by atoms with E-state index in [2.05, 4.69) is 18.3 Å². The molecule has 0 saturated carbocycles. The van der Waals surface area contributed by atoms with E-state index in [0.29, 0.717) is 12.0 Å². The summed E-state index contributed by atoms with van der Waals surface area (Å²) in [5.74, 6) is 0.630. The second kappa shape index (κ2) is 5.88. The second-order valence-corrected chi connectivity index (χ2v) is 4.99. The lowest BCUT2D eigenvalue weighted by Gasteiger charge is -2.29. The number of hydrogen-bond donors (Lipinski definition) is 1. The van der Waals surface area contributed by atoms with Crippen LogP contribution in [0, 0.1) is 24.2 Å². The van der Waals surface area contributed by atoms with Crippen LogP contribution in [0.3, 0.4) is 0 Å². The lowest BCUT2D eigenvalue weighted by atomic mass is 9.92. The lowest BCUT2D eigenvalue weighted by Crippen LogP contribution is -2.31. The SMILES string of the molecule is Cc1cccc(C#N)c1NC(C)C1CCOCC1. The molecule has 1 fully saturated rings. The maximum atomic E-state index is 9.16. The summed E-state index contributed by atoms with van der Waals surface area (Å²) in [6, 6.07) is 8.47. The number of aryl methyl sites for hydroxylation is 1. The van der Waals surface area contributed by atoms with Crippen LogP contribution in [-0.2, 0) is 4.74 Å². The van der Waals surface area contributed by atoms with Gasteiger partial charge in [0.2, 0.25) is 0 Å². The molecule has 0 aliphatic carbocycles. The van der Waals surface area contributed by atoms with Gasteiger partial charge in [0, 0.05) is 19.3 Å². The quantitative estimate of drug-likeness (QED) is 0.888. The summed E-state index contributed by atoms with van der Waals surface area (Å²) in [6.45, 7) is 5.95. The molecule has 1 aliphatic rings. The number of ether oxygens (including phenoxy) is 1. The summed E-state index contributed by atoms with van der Waals surface area (Å²) in [5.41, 5.74) is 2.85. The summed E-state index contributed by atoms with van der Waals surface area (Å²) in [6.07, 6.45) is 2.20. The van der Waals surface area contributed by atoms with Crippen LogP contribution >= 0.6 is 0 Å². The first-order chi connectivity index (χ1) is 8.72. The number of nitrogens with zero attached hydrogens (tertiary/aromatic N) is 1. The maximum Gasteiger partial charge on any atom is 0.101 e. The minimum absolute atomic E-state index is 0.377. The summed E-state index contributed by atoms with van der Waals surface area (Å²) in [7, 11) is 0. The molecule has 1 heterocycles. The molecular formula is C15H20N2O. The van der Waals surface area contributed by atoms with Crippen molar-refractivity contribution in [3.63, 3.8) is 0 Å². The van der Waals surface area contributed by atoms with Crippen LogP contribution in [0.15, 0.2) is 18.2 Å². The molecule has 1 atom stereocenters. The Morgan fingerprint density at radius 3 is 2.78 bits per heavy atom. The summed E-state index contributed by atoms with van der Waals surface area (Å²) in [5, 5.41) is 12.7. The monoisotopic (exact) mass is 244 g/mol. The molecule has 96 valence electrons. The zero-order chi connectivity index (χ0) is 13.0. The Labute approximate surface area is 109 Å². The van der Waals surface area contributed by atoms with Gasteiger partial charge in [0.25, 0.3) is 0 Å². The predicted molar refractivity (Wildman–Crippen MR) is 72.5 cm³/mol. The molecule has 1 aromatic carbocycles. The minimum Gasteiger partial charge on any atom is -0.381 e. The van der Waals surface area contributed by atoms with Crippen molar-refractivity contribution in [3.05, 3.63) is 29.3 Å². The molecular weight excluding hydrogens is 224 g/mol. The van der Waals surface area contributed by atoms with Crippen molar-refractivity contribution < 1.29 is 4.74 Å². The van der Waals surface area contributed by atoms with Crippen LogP contribution in [-0.4, -0.2) is 19.3 Å². The van der Waals surface area contributed by atoms with Gasteiger partial charge in [-0.3, -0.25) is 0 Å². The average Bonchev–Trinajstić information content (AvgIpc) is 2.42. The number of hydrogen-bond acceptors (Lipinski definition) is 3. The van der Waals surface area contributed by atoms with Gasteiger partial charge in [-0.25, -0.2) is 0 Å². The standard InChI is InChI=1S/C15H20N2O/c1-11-4-3-5-14(10-16)15(11)17-12(2)13-6-8-18-9-7-13/h3-5,12-13,17H,6-9H2,1-2H3. The van der Waals surface area contributed by atoms with Crippen molar-refractivity contribution in [1.82, 2.24) is 0 Å². The molecule has 0 spiro atoms. The minimum atomic E-state index is 0.377. The number of anilines is 1. The molecule has 0 bridgehead atoms. The summed E-state index contributed by atoms with van der Waals surface area (Å²) in [4.78, 5) is 0. The van der Waals surface area contributed by atoms with Crippen LogP contribution in [0.2, 0.25) is 0 Å². The topological polar surface area (TPSA) is 45.0 Å². The van der Waals surface area contributed by atoms with E-state index in [0.717, 1.165) is 42.9 Å². The third-order valence-corrected chi connectivity index (χ3v) is 3.74. The first kappa shape index (κ1) is 12.9.